The van der Waals surface area contributed by atoms with E-state index in [-0.39, 0.29) is 5.54 Å². The third kappa shape index (κ3) is 3.85. The molecule has 5 heteroatoms. The summed E-state index contributed by atoms with van der Waals surface area (Å²) in [7, 11) is 0. The quantitative estimate of drug-likeness (QED) is 0.193. The summed E-state index contributed by atoms with van der Waals surface area (Å²) in [6.07, 6.45) is 8.18. The summed E-state index contributed by atoms with van der Waals surface area (Å²) < 4.78 is 6.38. The van der Waals surface area contributed by atoms with Crippen LogP contribution in [-0.4, -0.2) is 5.54 Å². The highest BCUT2D eigenvalue weighted by Crippen LogP contribution is 2.46. The first-order valence-electron chi connectivity index (χ1n) is 10.4. The topological polar surface area (TPSA) is 49.0 Å². The second kappa shape index (κ2) is 7.95. The van der Waals surface area contributed by atoms with Crippen molar-refractivity contribution in [2.75, 3.05) is 5.32 Å². The molecule has 0 aromatic heterocycles. The van der Waals surface area contributed by atoms with Gasteiger partial charge in [0.1, 0.15) is 0 Å². The summed E-state index contributed by atoms with van der Waals surface area (Å²) >= 11 is 9.49. The molecule has 1 aromatic carbocycles. The maximum Gasteiger partial charge on any atom is 0.150 e. The van der Waals surface area contributed by atoms with E-state index in [2.05, 4.69) is 63.5 Å². The minimum absolute atomic E-state index is 0.00315. The van der Waals surface area contributed by atoms with Gasteiger partial charge in [-0.2, -0.15) is 0 Å². The molecule has 160 valence electrons. The van der Waals surface area contributed by atoms with Gasteiger partial charge in [0.2, 0.25) is 0 Å². The number of allylic oxidation sites excluding steroid dienone is 5. The monoisotopic (exact) mass is 448 g/mol. The zero-order valence-corrected chi connectivity index (χ0v) is 20.2. The lowest BCUT2D eigenvalue weighted by Gasteiger charge is -2.35. The fourth-order valence-corrected chi connectivity index (χ4v) is 4.91. The van der Waals surface area contributed by atoms with Gasteiger partial charge in [-0.25, -0.2) is 0 Å². The Morgan fingerprint density at radius 2 is 2.00 bits per heavy atom. The predicted octanol–water partition coefficient (Wildman–Crippen LogP) is 7.27. The molecule has 4 rings (SSSR count). The molecule has 0 amide bonds. The maximum absolute atomic E-state index is 8.20. The molecule has 0 fully saturated rings. The van der Waals surface area contributed by atoms with Gasteiger partial charge < -0.3 is 9.73 Å². The lowest BCUT2D eigenvalue weighted by molar-refractivity contribution is 0.499. The van der Waals surface area contributed by atoms with Crippen LogP contribution in [0.25, 0.3) is 27.9 Å². The average Bonchev–Trinajstić information content (AvgIpc) is 2.70. The van der Waals surface area contributed by atoms with Gasteiger partial charge in [0.25, 0.3) is 0 Å². The molecule has 3 nitrogen and oxygen atoms in total. The van der Waals surface area contributed by atoms with Gasteiger partial charge in [-0.15, -0.1) is 25.3 Å². The van der Waals surface area contributed by atoms with Crippen LogP contribution in [0.2, 0.25) is 0 Å². The number of aryl methyl sites for hydroxylation is 1. The van der Waals surface area contributed by atoms with Crippen molar-refractivity contribution in [2.45, 2.75) is 55.9 Å². The first-order valence-corrected chi connectivity index (χ1v) is 11.3. The van der Waals surface area contributed by atoms with Crippen LogP contribution in [0.1, 0.15) is 45.2 Å². The van der Waals surface area contributed by atoms with E-state index in [1.807, 2.05) is 19.1 Å². The number of benzene rings is 2. The molecule has 1 aromatic rings. The smallest absolute Gasteiger partial charge is 0.150 e. The Labute approximate surface area is 194 Å². The van der Waals surface area contributed by atoms with Crippen molar-refractivity contribution in [1.29, 1.82) is 5.41 Å². The van der Waals surface area contributed by atoms with Crippen LogP contribution in [0.3, 0.4) is 0 Å². The van der Waals surface area contributed by atoms with Crippen LogP contribution >= 0.6 is 25.3 Å². The maximum atomic E-state index is 8.20. The first kappa shape index (κ1) is 21.8. The van der Waals surface area contributed by atoms with Gasteiger partial charge in [-0.05, 0) is 69.9 Å². The Hall–Kier alpha value is -2.37. The largest absolute Gasteiger partial charge is 0.454 e. The molecule has 0 bridgehead atoms. The number of hydrogen-bond donors (Lipinski definition) is 4. The van der Waals surface area contributed by atoms with Crippen molar-refractivity contribution in [1.82, 2.24) is 0 Å². The van der Waals surface area contributed by atoms with Crippen molar-refractivity contribution in [3.63, 3.8) is 0 Å². The van der Waals surface area contributed by atoms with Crippen LogP contribution in [0.4, 0.5) is 5.69 Å². The summed E-state index contributed by atoms with van der Waals surface area (Å²) in [5, 5.41) is 13.1. The van der Waals surface area contributed by atoms with Crippen LogP contribution < -0.4 is 10.7 Å². The van der Waals surface area contributed by atoms with E-state index in [4.69, 9.17) is 22.5 Å². The zero-order chi connectivity index (χ0) is 22.5. The van der Waals surface area contributed by atoms with E-state index in [0.717, 1.165) is 51.1 Å². The van der Waals surface area contributed by atoms with Crippen LogP contribution in [-0.2, 0) is 6.42 Å². The zero-order valence-electron chi connectivity index (χ0n) is 18.4. The van der Waals surface area contributed by atoms with Gasteiger partial charge in [0, 0.05) is 22.1 Å². The van der Waals surface area contributed by atoms with Gasteiger partial charge in [0.15, 0.2) is 11.3 Å². The van der Waals surface area contributed by atoms with E-state index in [1.165, 1.54) is 5.56 Å². The van der Waals surface area contributed by atoms with Crippen LogP contribution in [0.5, 0.6) is 0 Å². The van der Waals surface area contributed by atoms with Crippen molar-refractivity contribution in [3.8, 4) is 11.3 Å². The molecule has 0 atom stereocenters. The fourth-order valence-electron chi connectivity index (χ4n) is 4.30. The van der Waals surface area contributed by atoms with Gasteiger partial charge in [0.05, 0.1) is 20.8 Å². The molecule has 2 heterocycles. The van der Waals surface area contributed by atoms with Gasteiger partial charge in [-0.3, -0.25) is 5.41 Å². The highest BCUT2D eigenvalue weighted by molar-refractivity contribution is 7.80. The highest BCUT2D eigenvalue weighted by Gasteiger charge is 2.29. The molecular weight excluding hydrogens is 420 g/mol. The SMILES string of the molecule is C=C(/C=C(C)\C=C/C)c1c2ccc(=N)c(S)c-2oc2c(S)c3c(cc12)CCC(C)(C)N3. The minimum atomic E-state index is -0.00315. The summed E-state index contributed by atoms with van der Waals surface area (Å²) in [6, 6.07) is 5.90. The van der Waals surface area contributed by atoms with E-state index >= 15 is 0 Å². The summed E-state index contributed by atoms with van der Waals surface area (Å²) in [5.74, 6) is 0.585. The van der Waals surface area contributed by atoms with E-state index in [9.17, 15) is 0 Å². The Balaban J connectivity index is 2.12. The average molecular weight is 449 g/mol. The lowest BCUT2D eigenvalue weighted by atomic mass is 9.86. The van der Waals surface area contributed by atoms with E-state index in [1.54, 1.807) is 6.07 Å². The summed E-state index contributed by atoms with van der Waals surface area (Å²) in [5.41, 5.74) is 6.85. The Kier molecular flexibility index (Phi) is 5.61. The second-order valence-corrected chi connectivity index (χ2v) is 9.77. The third-order valence-electron chi connectivity index (χ3n) is 5.85. The third-order valence-corrected chi connectivity index (χ3v) is 6.72. The highest BCUT2D eigenvalue weighted by atomic mass is 32.1. The van der Waals surface area contributed by atoms with Gasteiger partial charge >= 0.3 is 0 Å². The van der Waals surface area contributed by atoms with Crippen LogP contribution in [0.15, 0.2) is 62.8 Å². The molecule has 0 unspecified atom stereocenters. The lowest BCUT2D eigenvalue weighted by Crippen LogP contribution is -2.35. The van der Waals surface area contributed by atoms with Crippen molar-refractivity contribution in [3.05, 3.63) is 65.1 Å². The Morgan fingerprint density at radius 1 is 1.26 bits per heavy atom. The number of thiol groups is 2. The van der Waals surface area contributed by atoms with Crippen molar-refractivity contribution >= 4 is 47.5 Å². The van der Waals surface area contributed by atoms with E-state index in [0.29, 0.717) is 21.6 Å². The molecule has 1 aliphatic carbocycles. The number of hydrogen-bond acceptors (Lipinski definition) is 5. The van der Waals surface area contributed by atoms with Gasteiger partial charge in [-0.1, -0.05) is 30.4 Å². The van der Waals surface area contributed by atoms with E-state index < -0.39 is 0 Å². The number of nitrogens with one attached hydrogen (secondary N) is 2. The molecule has 31 heavy (non-hydrogen) atoms. The number of fused-ring (bicyclic) bond motifs is 3. The van der Waals surface area contributed by atoms with Crippen molar-refractivity contribution < 1.29 is 4.42 Å². The molecule has 2 N–H and O–H groups in total. The minimum Gasteiger partial charge on any atom is -0.454 e. The molecule has 2 aliphatic heterocycles. The Morgan fingerprint density at radius 3 is 2.71 bits per heavy atom. The molecule has 0 spiro atoms. The molecule has 0 radical (unpaired) electrons. The second-order valence-electron chi connectivity index (χ2n) is 8.87. The fraction of sp³-hybridized carbons (Fsp3) is 0.269. The van der Waals surface area contributed by atoms with Crippen molar-refractivity contribution in [2.24, 2.45) is 0 Å². The number of anilines is 1. The first-order chi connectivity index (χ1) is 14.6. The standard InChI is InChI=1S/C26H28N2OS2/c1-6-7-14(2)12-15(3)20-17-8-9-19(27)24(30)22(17)29-23-18(20)13-16-10-11-26(4,5)28-21(16)25(23)31/h6-9,12-13,27-28,30-31H,3,10-11H2,1-2,4-5H3/b7-6-,14-12-,27-19?. The molecule has 3 aliphatic rings. The molecular formula is C26H28N2OS2. The van der Waals surface area contributed by atoms with Crippen LogP contribution in [0, 0.1) is 5.41 Å². The Bertz CT molecular complexity index is 1310. The predicted molar refractivity (Wildman–Crippen MR) is 137 cm³/mol. The number of rotatable bonds is 3. The summed E-state index contributed by atoms with van der Waals surface area (Å²) in [6.45, 7) is 12.9. The molecule has 0 saturated carbocycles. The summed E-state index contributed by atoms with van der Waals surface area (Å²) in [4.78, 5) is 1.30. The normalized spacial score (nSPS) is 16.0. The molecule has 0 saturated heterocycles.